The number of aromatic nitrogens is 4. The second-order valence-electron chi connectivity index (χ2n) is 17.1. The summed E-state index contributed by atoms with van der Waals surface area (Å²) in [6, 6.07) is 86.5. The molecule has 0 spiro atoms. The van der Waals surface area contributed by atoms with Crippen molar-refractivity contribution in [2.24, 2.45) is 0 Å². The summed E-state index contributed by atoms with van der Waals surface area (Å²) in [6.07, 6.45) is 0. The highest BCUT2D eigenvalue weighted by molar-refractivity contribution is 6.20. The number of rotatable bonds is 7. The van der Waals surface area contributed by atoms with Gasteiger partial charge in [0.15, 0.2) is 17.5 Å². The standard InChI is InChI=1S/C63H40N4/c1-3-14-41(15-4-1)42-26-32-46(33-27-42)61-64-62(47-34-28-44(29-35-47)53-23-13-24-56-54-22-11-12-25-58(54)67(60(53)56)50-18-5-2-6-19-50)66-63(65-61)48-36-30-45(31-37-48)59-52-21-10-8-17-49(52)40-57-51-20-9-7-16-43(51)38-39-55(57)59/h1-40H. The Labute approximate surface area is 387 Å². The van der Waals surface area contributed by atoms with Crippen molar-refractivity contribution in [2.45, 2.75) is 0 Å². The van der Waals surface area contributed by atoms with Crippen LogP contribution >= 0.6 is 0 Å². The molecule has 0 unspecified atom stereocenters. The van der Waals surface area contributed by atoms with Gasteiger partial charge >= 0.3 is 0 Å². The van der Waals surface area contributed by atoms with Crippen LogP contribution in [0.25, 0.3) is 127 Å². The van der Waals surface area contributed by atoms with Crippen LogP contribution in [0.5, 0.6) is 0 Å². The van der Waals surface area contributed by atoms with Crippen LogP contribution < -0.4 is 0 Å². The highest BCUT2D eigenvalue weighted by Crippen LogP contribution is 2.41. The van der Waals surface area contributed by atoms with Crippen LogP contribution in [-0.2, 0) is 0 Å². The second kappa shape index (κ2) is 15.9. The van der Waals surface area contributed by atoms with Crippen LogP contribution in [0.15, 0.2) is 243 Å². The summed E-state index contributed by atoms with van der Waals surface area (Å²) in [5.41, 5.74) is 13.2. The minimum absolute atomic E-state index is 0.617. The van der Waals surface area contributed by atoms with Gasteiger partial charge in [0.25, 0.3) is 0 Å². The molecule has 312 valence electrons. The van der Waals surface area contributed by atoms with Crippen LogP contribution in [0.1, 0.15) is 0 Å². The number of fused-ring (bicyclic) bond motifs is 7. The summed E-state index contributed by atoms with van der Waals surface area (Å²) in [5, 5.41) is 9.87. The van der Waals surface area contributed by atoms with E-state index in [0.29, 0.717) is 17.5 Å². The smallest absolute Gasteiger partial charge is 0.164 e. The zero-order valence-corrected chi connectivity index (χ0v) is 36.4. The molecular formula is C63H40N4. The van der Waals surface area contributed by atoms with Crippen molar-refractivity contribution >= 4 is 54.1 Å². The molecule has 0 amide bonds. The summed E-state index contributed by atoms with van der Waals surface area (Å²) < 4.78 is 2.39. The van der Waals surface area contributed by atoms with Crippen molar-refractivity contribution in [2.75, 3.05) is 0 Å². The monoisotopic (exact) mass is 852 g/mol. The van der Waals surface area contributed by atoms with Gasteiger partial charge in [-0.3, -0.25) is 0 Å². The van der Waals surface area contributed by atoms with E-state index in [-0.39, 0.29) is 0 Å². The maximum atomic E-state index is 5.21. The fourth-order valence-corrected chi connectivity index (χ4v) is 10.0. The number of hydrogen-bond acceptors (Lipinski definition) is 3. The van der Waals surface area contributed by atoms with E-state index in [0.717, 1.165) is 44.6 Å². The van der Waals surface area contributed by atoms with E-state index in [2.05, 4.69) is 241 Å². The zero-order valence-electron chi connectivity index (χ0n) is 36.4. The summed E-state index contributed by atoms with van der Waals surface area (Å²) >= 11 is 0. The molecule has 2 aromatic heterocycles. The Kier molecular flexibility index (Phi) is 9.14. The lowest BCUT2D eigenvalue weighted by Crippen LogP contribution is -2.00. The number of hydrogen-bond donors (Lipinski definition) is 0. The van der Waals surface area contributed by atoms with Gasteiger partial charge in [0.2, 0.25) is 0 Å². The molecule has 0 N–H and O–H groups in total. The van der Waals surface area contributed by atoms with Gasteiger partial charge in [0, 0.05) is 38.7 Å². The third-order valence-corrected chi connectivity index (χ3v) is 13.3. The first kappa shape index (κ1) is 38.5. The predicted octanol–water partition coefficient (Wildman–Crippen LogP) is 16.4. The highest BCUT2D eigenvalue weighted by atomic mass is 15.0. The lowest BCUT2D eigenvalue weighted by atomic mass is 9.89. The molecule has 4 nitrogen and oxygen atoms in total. The maximum Gasteiger partial charge on any atom is 0.164 e. The molecule has 0 aliphatic carbocycles. The first-order chi connectivity index (χ1) is 33.2. The Bertz CT molecular complexity index is 3990. The Balaban J connectivity index is 0.930. The molecule has 11 aromatic carbocycles. The first-order valence-electron chi connectivity index (χ1n) is 22.8. The Morgan fingerprint density at radius 1 is 0.269 bits per heavy atom. The SMILES string of the molecule is c1ccc(-c2ccc(-c3nc(-c4ccc(-c5c6ccccc6cc6c5ccc5ccccc56)cc4)nc(-c4ccc(-c5cccc6c7ccccc7n(-c7ccccc7)c56)cc4)n3)cc2)cc1. The Morgan fingerprint density at radius 2 is 0.761 bits per heavy atom. The zero-order chi connectivity index (χ0) is 44.3. The van der Waals surface area contributed by atoms with Gasteiger partial charge in [0.05, 0.1) is 11.0 Å². The van der Waals surface area contributed by atoms with Crippen LogP contribution in [0.4, 0.5) is 0 Å². The Morgan fingerprint density at radius 3 is 1.43 bits per heavy atom. The van der Waals surface area contributed by atoms with Gasteiger partial charge in [-0.15, -0.1) is 0 Å². The summed E-state index contributed by atoms with van der Waals surface area (Å²) in [6.45, 7) is 0. The fourth-order valence-electron chi connectivity index (χ4n) is 10.0. The Hall–Kier alpha value is -8.99. The molecule has 0 bridgehead atoms. The number of para-hydroxylation sites is 3. The van der Waals surface area contributed by atoms with Crippen molar-refractivity contribution in [3.05, 3.63) is 243 Å². The van der Waals surface area contributed by atoms with Crippen molar-refractivity contribution in [3.8, 4) is 73.2 Å². The average molecular weight is 853 g/mol. The highest BCUT2D eigenvalue weighted by Gasteiger charge is 2.19. The minimum atomic E-state index is 0.617. The molecule has 0 radical (unpaired) electrons. The van der Waals surface area contributed by atoms with Crippen LogP contribution in [0, 0.1) is 0 Å². The fraction of sp³-hybridized carbons (Fsp3) is 0. The maximum absolute atomic E-state index is 5.21. The van der Waals surface area contributed by atoms with Crippen molar-refractivity contribution in [3.63, 3.8) is 0 Å². The molecule has 0 saturated carbocycles. The van der Waals surface area contributed by atoms with E-state index >= 15 is 0 Å². The molecule has 0 aliphatic rings. The van der Waals surface area contributed by atoms with E-state index in [9.17, 15) is 0 Å². The first-order valence-corrected chi connectivity index (χ1v) is 22.8. The van der Waals surface area contributed by atoms with Gasteiger partial charge in [-0.2, -0.15) is 0 Å². The van der Waals surface area contributed by atoms with Crippen molar-refractivity contribution in [1.82, 2.24) is 19.5 Å². The van der Waals surface area contributed by atoms with E-state index in [1.807, 2.05) is 6.07 Å². The third kappa shape index (κ3) is 6.65. The van der Waals surface area contributed by atoms with Gasteiger partial charge in [-0.25, -0.2) is 15.0 Å². The molecule has 4 heteroatoms. The molecule has 13 aromatic rings. The third-order valence-electron chi connectivity index (χ3n) is 13.3. The molecule has 13 rings (SSSR count). The second-order valence-corrected chi connectivity index (χ2v) is 17.1. The van der Waals surface area contributed by atoms with Crippen molar-refractivity contribution in [1.29, 1.82) is 0 Å². The summed E-state index contributed by atoms with van der Waals surface area (Å²) in [7, 11) is 0. The molecule has 0 aliphatic heterocycles. The van der Waals surface area contributed by atoms with Crippen LogP contribution in [-0.4, -0.2) is 19.5 Å². The van der Waals surface area contributed by atoms with Crippen molar-refractivity contribution < 1.29 is 0 Å². The number of nitrogens with zero attached hydrogens (tertiary/aromatic N) is 4. The molecular weight excluding hydrogens is 813 g/mol. The largest absolute Gasteiger partial charge is 0.309 e. The molecule has 0 atom stereocenters. The molecule has 2 heterocycles. The topological polar surface area (TPSA) is 43.6 Å². The molecule has 0 fully saturated rings. The lowest BCUT2D eigenvalue weighted by Gasteiger charge is -2.15. The van der Waals surface area contributed by atoms with E-state index in [4.69, 9.17) is 15.0 Å². The van der Waals surface area contributed by atoms with Crippen LogP contribution in [0.2, 0.25) is 0 Å². The van der Waals surface area contributed by atoms with E-state index < -0.39 is 0 Å². The predicted molar refractivity (Wildman–Crippen MR) is 279 cm³/mol. The minimum Gasteiger partial charge on any atom is -0.309 e. The van der Waals surface area contributed by atoms with E-state index in [1.54, 1.807) is 0 Å². The number of benzene rings is 11. The van der Waals surface area contributed by atoms with E-state index in [1.165, 1.54) is 65.3 Å². The summed E-state index contributed by atoms with van der Waals surface area (Å²) in [4.78, 5) is 15.6. The van der Waals surface area contributed by atoms with Crippen LogP contribution in [0.3, 0.4) is 0 Å². The van der Waals surface area contributed by atoms with Gasteiger partial charge in [-0.1, -0.05) is 218 Å². The molecule has 0 saturated heterocycles. The molecule has 67 heavy (non-hydrogen) atoms. The van der Waals surface area contributed by atoms with Gasteiger partial charge < -0.3 is 4.57 Å². The normalized spacial score (nSPS) is 11.6. The lowest BCUT2D eigenvalue weighted by molar-refractivity contribution is 1.07. The quantitative estimate of drug-likeness (QED) is 0.118. The summed E-state index contributed by atoms with van der Waals surface area (Å²) in [5.74, 6) is 1.86. The average Bonchev–Trinajstić information content (AvgIpc) is 3.75. The van der Waals surface area contributed by atoms with Gasteiger partial charge in [0.1, 0.15) is 0 Å². The van der Waals surface area contributed by atoms with Gasteiger partial charge in [-0.05, 0) is 84.4 Å².